The second-order valence-corrected chi connectivity index (χ2v) is 0.102. The molecule has 0 saturated carbocycles. The third kappa shape index (κ3) is 8.63. The van der Waals surface area contributed by atoms with Gasteiger partial charge < -0.3 is 0 Å². The van der Waals surface area contributed by atoms with Crippen LogP contribution in [0.4, 0.5) is 9.41 Å². The Kier molecular flexibility index (Phi) is 1630. The first-order chi connectivity index (χ1) is 1.41. The third-order valence-electron chi connectivity index (χ3n) is 0. The number of rotatable bonds is 0. The van der Waals surface area contributed by atoms with Gasteiger partial charge in [0.2, 0.25) is 6.08 Å². The Morgan fingerprint density at radius 1 is 1.40 bits per heavy atom. The number of halogens is 2. The van der Waals surface area contributed by atoms with Crippen molar-refractivity contribution in [1.82, 2.24) is 0 Å². The van der Waals surface area contributed by atoms with Crippen molar-refractivity contribution in [3.8, 4) is 0 Å². The van der Waals surface area contributed by atoms with Gasteiger partial charge in [0.05, 0.1) is 0 Å². The molecule has 0 atom stereocenters. The van der Waals surface area contributed by atoms with E-state index in [1.165, 1.54) is 0 Å². The maximum Gasteiger partial charge on any atom is 0.231 e. The summed E-state index contributed by atoms with van der Waals surface area (Å²) in [7, 11) is 0. The molecule has 0 aromatic carbocycles. The second-order valence-electron chi connectivity index (χ2n) is 0.102. The molecule has 0 aliphatic heterocycles. The number of isocyanates is 1. The van der Waals surface area contributed by atoms with Gasteiger partial charge in [0, 0.05) is 0 Å². The standard InChI is InChI=1S/CHNO.2FH/c2-1-3;;/h2H;2*1H. The van der Waals surface area contributed by atoms with Gasteiger partial charge in [0.15, 0.2) is 0 Å². The van der Waals surface area contributed by atoms with Crippen LogP contribution in [-0.2, 0) is 4.79 Å². The fourth-order valence-electron chi connectivity index (χ4n) is 0. The summed E-state index contributed by atoms with van der Waals surface area (Å²) in [5.74, 6) is 0. The molecule has 5 heavy (non-hydrogen) atoms. The highest BCUT2D eigenvalue weighted by molar-refractivity contribution is 5.26. The first kappa shape index (κ1) is 28.9. The Morgan fingerprint density at radius 3 is 1.40 bits per heavy atom. The van der Waals surface area contributed by atoms with Crippen LogP contribution in [0.25, 0.3) is 0 Å². The van der Waals surface area contributed by atoms with E-state index in [-0.39, 0.29) is 9.41 Å². The van der Waals surface area contributed by atoms with Gasteiger partial charge in [-0.1, -0.05) is 0 Å². The molecule has 0 saturated heterocycles. The smallest absolute Gasteiger partial charge is 0.231 e. The highest BCUT2D eigenvalue weighted by Gasteiger charge is 1.03. The van der Waals surface area contributed by atoms with Gasteiger partial charge in [0.1, 0.15) is 0 Å². The molecule has 32 valence electrons. The fourth-order valence-corrected chi connectivity index (χ4v) is 0. The minimum atomic E-state index is 0. The monoisotopic (exact) mass is 83.0 g/mol. The SMILES string of the molecule is F.F.N=C=O. The molecule has 0 rings (SSSR count). The molecular weight excluding hydrogens is 80.0 g/mol. The molecule has 0 amide bonds. The maximum absolute atomic E-state index is 8.35. The molecule has 1 N–H and O–H groups in total. The number of hydrogen-bond donors (Lipinski definition) is 1. The summed E-state index contributed by atoms with van der Waals surface area (Å²) in [5.41, 5.74) is 0. The Morgan fingerprint density at radius 2 is 1.40 bits per heavy atom. The summed E-state index contributed by atoms with van der Waals surface area (Å²) < 4.78 is 0. The quantitative estimate of drug-likeness (QED) is 0.330. The molecule has 0 unspecified atom stereocenters. The van der Waals surface area contributed by atoms with Crippen LogP contribution in [0.5, 0.6) is 0 Å². The molecule has 2 nitrogen and oxygen atoms in total. The van der Waals surface area contributed by atoms with E-state index in [9.17, 15) is 0 Å². The van der Waals surface area contributed by atoms with E-state index < -0.39 is 0 Å². The average Bonchev–Trinajstić information content (AvgIpc) is 0.918. The first-order valence-corrected chi connectivity index (χ1v) is 0.454. The second kappa shape index (κ2) is 282. The van der Waals surface area contributed by atoms with Crippen LogP contribution in [0.3, 0.4) is 0 Å². The summed E-state index contributed by atoms with van der Waals surface area (Å²) in [6.07, 6.45) is 0.750. The van der Waals surface area contributed by atoms with E-state index in [0.29, 0.717) is 0 Å². The Hall–Kier alpha value is -0.760. The van der Waals surface area contributed by atoms with Crippen molar-refractivity contribution in [2.24, 2.45) is 0 Å². The lowest BCUT2D eigenvalue weighted by atomic mass is 11.7. The summed E-state index contributed by atoms with van der Waals surface area (Å²) >= 11 is 0. The summed E-state index contributed by atoms with van der Waals surface area (Å²) in [5, 5.41) is 5.40. The van der Waals surface area contributed by atoms with Crippen LogP contribution in [0.15, 0.2) is 0 Å². The molecule has 0 aliphatic rings. The van der Waals surface area contributed by atoms with Crippen LogP contribution in [-0.4, -0.2) is 6.08 Å². The van der Waals surface area contributed by atoms with Crippen molar-refractivity contribution in [3.63, 3.8) is 0 Å². The van der Waals surface area contributed by atoms with Crippen LogP contribution >= 0.6 is 0 Å². The third-order valence-corrected chi connectivity index (χ3v) is 0. The molecule has 0 aromatic rings. The van der Waals surface area contributed by atoms with Crippen LogP contribution in [0, 0.1) is 5.41 Å². The lowest BCUT2D eigenvalue weighted by molar-refractivity contribution is 0.563. The van der Waals surface area contributed by atoms with Gasteiger partial charge in [0.25, 0.3) is 0 Å². The molecule has 0 aromatic heterocycles. The fraction of sp³-hybridized carbons (Fsp3) is 0. The van der Waals surface area contributed by atoms with Crippen molar-refractivity contribution in [2.45, 2.75) is 0 Å². The Labute approximate surface area is 27.0 Å². The van der Waals surface area contributed by atoms with Crippen molar-refractivity contribution < 1.29 is 14.2 Å². The highest BCUT2D eigenvalue weighted by Crippen LogP contribution is 0.868. The van der Waals surface area contributed by atoms with Crippen molar-refractivity contribution in [2.75, 3.05) is 0 Å². The predicted octanol–water partition coefficient (Wildman–Crippen LogP) is 0.206. The summed E-state index contributed by atoms with van der Waals surface area (Å²) in [6, 6.07) is 0. The lowest BCUT2D eigenvalue weighted by Gasteiger charge is -1.02. The van der Waals surface area contributed by atoms with E-state index in [1.807, 2.05) is 0 Å². The van der Waals surface area contributed by atoms with E-state index >= 15 is 0 Å². The van der Waals surface area contributed by atoms with Crippen LogP contribution in [0.1, 0.15) is 0 Å². The molecule has 0 radical (unpaired) electrons. The van der Waals surface area contributed by atoms with Gasteiger partial charge in [-0.2, -0.15) is 0 Å². The van der Waals surface area contributed by atoms with Gasteiger partial charge in [-0.3, -0.25) is 9.41 Å². The molecule has 4 heteroatoms. The van der Waals surface area contributed by atoms with Crippen LogP contribution < -0.4 is 0 Å². The van der Waals surface area contributed by atoms with Gasteiger partial charge in [-0.15, -0.1) is 0 Å². The number of nitrogens with one attached hydrogen (secondary N) is 1. The van der Waals surface area contributed by atoms with E-state index in [0.717, 1.165) is 6.08 Å². The molecule has 0 bridgehead atoms. The normalized spacial score (nSPS) is 1.60. The first-order valence-electron chi connectivity index (χ1n) is 0.454. The van der Waals surface area contributed by atoms with Crippen LogP contribution in [0.2, 0.25) is 0 Å². The van der Waals surface area contributed by atoms with Gasteiger partial charge in [-0.25, -0.2) is 10.2 Å². The van der Waals surface area contributed by atoms with E-state index in [4.69, 9.17) is 10.2 Å². The van der Waals surface area contributed by atoms with Crippen molar-refractivity contribution in [3.05, 3.63) is 0 Å². The molecule has 0 fully saturated rings. The van der Waals surface area contributed by atoms with Gasteiger partial charge in [-0.05, 0) is 0 Å². The van der Waals surface area contributed by atoms with E-state index in [1.54, 1.807) is 0 Å². The minimum Gasteiger partial charge on any atom is -0.269 e. The molecule has 0 spiro atoms. The van der Waals surface area contributed by atoms with Gasteiger partial charge >= 0.3 is 0 Å². The zero-order chi connectivity index (χ0) is 2.71. The zero-order valence-electron chi connectivity index (χ0n) is 2.22. The minimum absolute atomic E-state index is 0. The Balaban J connectivity index is -0.0000000200. The molecule has 0 heterocycles. The average molecular weight is 83.0 g/mol. The Bertz CT molecular complexity index is 30.6. The zero-order valence-corrected chi connectivity index (χ0v) is 2.22. The van der Waals surface area contributed by atoms with Crippen molar-refractivity contribution >= 4 is 6.08 Å². The summed E-state index contributed by atoms with van der Waals surface area (Å²) in [6.45, 7) is 0. The maximum atomic E-state index is 8.35. The number of hydrogen-bond acceptors (Lipinski definition) is 2. The molecule has 0 aliphatic carbocycles. The number of carbonyl (C=O) groups excluding carboxylic acids is 1. The summed E-state index contributed by atoms with van der Waals surface area (Å²) in [4.78, 5) is 8.35. The topological polar surface area (TPSA) is 40.9 Å². The molecular formula is CH3F2NO. The van der Waals surface area contributed by atoms with E-state index in [2.05, 4.69) is 0 Å². The lowest BCUT2D eigenvalue weighted by Crippen LogP contribution is -1.16. The van der Waals surface area contributed by atoms with Crippen molar-refractivity contribution in [1.29, 1.82) is 5.41 Å². The predicted molar refractivity (Wildman–Crippen MR) is 13.4 cm³/mol. The largest absolute Gasteiger partial charge is 0.269 e. The highest BCUT2D eigenvalue weighted by atomic mass is 19.0.